The van der Waals surface area contributed by atoms with Gasteiger partial charge in [0.2, 0.25) is 5.91 Å². The normalized spacial score (nSPS) is 12.4. The van der Waals surface area contributed by atoms with Gasteiger partial charge in [0.25, 0.3) is 0 Å². The first-order valence-corrected chi connectivity index (χ1v) is 5.47. The van der Waals surface area contributed by atoms with Gasteiger partial charge in [-0.15, -0.1) is 0 Å². The second-order valence-electron chi connectivity index (χ2n) is 3.77. The van der Waals surface area contributed by atoms with Crippen molar-refractivity contribution in [1.82, 2.24) is 20.5 Å². The van der Waals surface area contributed by atoms with Crippen molar-refractivity contribution in [3.8, 4) is 0 Å². The maximum atomic E-state index is 11.5. The van der Waals surface area contributed by atoms with Crippen LogP contribution in [0.5, 0.6) is 0 Å². The second-order valence-corrected chi connectivity index (χ2v) is 3.77. The van der Waals surface area contributed by atoms with E-state index in [1.165, 1.54) is 6.33 Å². The number of aliphatic hydroxyl groups excluding tert-OH is 1. The molecule has 1 unspecified atom stereocenters. The lowest BCUT2D eigenvalue weighted by Gasteiger charge is -2.12. The molecule has 0 bridgehead atoms. The highest BCUT2D eigenvalue weighted by Gasteiger charge is 2.07. The molecule has 1 rings (SSSR count). The lowest BCUT2D eigenvalue weighted by atomic mass is 10.2. The number of carbonyl (C=O) groups excluding carboxylic acids is 1. The molecule has 1 heterocycles. The van der Waals surface area contributed by atoms with Crippen molar-refractivity contribution in [3.63, 3.8) is 0 Å². The van der Waals surface area contributed by atoms with Gasteiger partial charge in [0.05, 0.1) is 0 Å². The Hall–Kier alpha value is -1.43. The second kappa shape index (κ2) is 6.95. The van der Waals surface area contributed by atoms with Gasteiger partial charge in [-0.25, -0.2) is 4.98 Å². The van der Waals surface area contributed by atoms with Crippen LogP contribution in [0.3, 0.4) is 0 Å². The zero-order valence-corrected chi connectivity index (χ0v) is 9.44. The van der Waals surface area contributed by atoms with Crippen molar-refractivity contribution in [3.05, 3.63) is 12.2 Å². The summed E-state index contributed by atoms with van der Waals surface area (Å²) in [6.45, 7) is 2.10. The van der Waals surface area contributed by atoms with Crippen LogP contribution in [0.2, 0.25) is 0 Å². The van der Waals surface area contributed by atoms with Crippen LogP contribution in [0.15, 0.2) is 6.33 Å². The number of aliphatic hydroxyl groups is 1. The molecule has 1 aromatic rings. The number of hydrogen-bond donors (Lipinski definition) is 3. The van der Waals surface area contributed by atoms with E-state index in [2.05, 4.69) is 20.5 Å². The molecular weight excluding hydrogens is 208 g/mol. The molecule has 0 fully saturated rings. The molecule has 0 saturated carbocycles. The Morgan fingerprint density at radius 2 is 2.50 bits per heavy atom. The summed E-state index contributed by atoms with van der Waals surface area (Å²) in [5.74, 6) is 0.722. The van der Waals surface area contributed by atoms with Crippen LogP contribution in [0.25, 0.3) is 0 Å². The van der Waals surface area contributed by atoms with Gasteiger partial charge in [0.1, 0.15) is 12.2 Å². The number of aromatic nitrogens is 3. The summed E-state index contributed by atoms with van der Waals surface area (Å²) in [5.41, 5.74) is 0. The fourth-order valence-electron chi connectivity index (χ4n) is 1.40. The molecule has 0 aromatic carbocycles. The Balaban J connectivity index is 2.15. The third kappa shape index (κ3) is 4.88. The third-order valence-corrected chi connectivity index (χ3v) is 2.26. The molecule has 0 aliphatic heterocycles. The summed E-state index contributed by atoms with van der Waals surface area (Å²) in [5, 5.41) is 17.9. The molecule has 6 nitrogen and oxygen atoms in total. The fourth-order valence-corrected chi connectivity index (χ4v) is 1.40. The van der Waals surface area contributed by atoms with E-state index in [0.29, 0.717) is 19.3 Å². The molecule has 0 aliphatic rings. The Morgan fingerprint density at radius 1 is 1.69 bits per heavy atom. The minimum atomic E-state index is 0.00170. The van der Waals surface area contributed by atoms with Gasteiger partial charge < -0.3 is 10.4 Å². The first-order chi connectivity index (χ1) is 7.72. The molecule has 0 saturated heterocycles. The van der Waals surface area contributed by atoms with Gasteiger partial charge in [0.15, 0.2) is 0 Å². The van der Waals surface area contributed by atoms with E-state index in [9.17, 15) is 4.79 Å². The van der Waals surface area contributed by atoms with Gasteiger partial charge in [-0.05, 0) is 19.8 Å². The number of aryl methyl sites for hydroxylation is 1. The minimum absolute atomic E-state index is 0.00170. The Kier molecular flexibility index (Phi) is 5.49. The minimum Gasteiger partial charge on any atom is -0.396 e. The highest BCUT2D eigenvalue weighted by Crippen LogP contribution is 1.98. The van der Waals surface area contributed by atoms with Gasteiger partial charge in [0, 0.05) is 25.5 Å². The van der Waals surface area contributed by atoms with Crippen molar-refractivity contribution in [2.75, 3.05) is 6.61 Å². The highest BCUT2D eigenvalue weighted by atomic mass is 16.2. The number of nitrogens with zero attached hydrogens (tertiary/aromatic N) is 2. The first-order valence-electron chi connectivity index (χ1n) is 5.47. The van der Waals surface area contributed by atoms with Crippen LogP contribution in [0.4, 0.5) is 0 Å². The Bertz CT molecular complexity index is 300. The predicted octanol–water partition coefficient (Wildman–Crippen LogP) is 0.0145. The topological polar surface area (TPSA) is 90.9 Å². The number of rotatable bonds is 7. The summed E-state index contributed by atoms with van der Waals surface area (Å²) < 4.78 is 0. The van der Waals surface area contributed by atoms with Crippen molar-refractivity contribution < 1.29 is 9.90 Å². The van der Waals surface area contributed by atoms with E-state index in [4.69, 9.17) is 5.11 Å². The van der Waals surface area contributed by atoms with E-state index in [-0.39, 0.29) is 18.6 Å². The smallest absolute Gasteiger partial charge is 0.220 e. The molecular formula is C10H18N4O2. The molecule has 1 aromatic heterocycles. The van der Waals surface area contributed by atoms with Gasteiger partial charge in [-0.1, -0.05) is 0 Å². The monoisotopic (exact) mass is 226 g/mol. The van der Waals surface area contributed by atoms with Crippen molar-refractivity contribution in [2.45, 2.75) is 38.6 Å². The van der Waals surface area contributed by atoms with Crippen LogP contribution >= 0.6 is 0 Å². The van der Waals surface area contributed by atoms with Gasteiger partial charge >= 0.3 is 0 Å². The molecule has 6 heteroatoms. The predicted molar refractivity (Wildman–Crippen MR) is 58.6 cm³/mol. The molecule has 1 atom stereocenters. The number of hydrogen-bond acceptors (Lipinski definition) is 4. The number of aromatic amines is 1. The zero-order chi connectivity index (χ0) is 11.8. The van der Waals surface area contributed by atoms with Crippen LogP contribution < -0.4 is 5.32 Å². The van der Waals surface area contributed by atoms with Gasteiger partial charge in [-0.2, -0.15) is 5.10 Å². The van der Waals surface area contributed by atoms with Crippen LogP contribution in [0, 0.1) is 0 Å². The summed E-state index contributed by atoms with van der Waals surface area (Å²) >= 11 is 0. The van der Waals surface area contributed by atoms with Crippen molar-refractivity contribution in [1.29, 1.82) is 0 Å². The molecule has 0 radical (unpaired) electrons. The largest absolute Gasteiger partial charge is 0.396 e. The molecule has 16 heavy (non-hydrogen) atoms. The summed E-state index contributed by atoms with van der Waals surface area (Å²) in [6, 6.07) is 0.106. The number of H-pyrrole nitrogens is 1. The Labute approximate surface area is 94.5 Å². The fraction of sp³-hybridized carbons (Fsp3) is 0.700. The summed E-state index contributed by atoms with van der Waals surface area (Å²) in [7, 11) is 0. The lowest BCUT2D eigenvalue weighted by molar-refractivity contribution is -0.121. The van der Waals surface area contributed by atoms with E-state index >= 15 is 0 Å². The SMILES string of the molecule is CC(CCCO)NC(=O)CCc1ncn[nH]1. The maximum Gasteiger partial charge on any atom is 0.220 e. The standard InChI is InChI=1S/C10H18N4O2/c1-8(3-2-6-15)13-10(16)5-4-9-11-7-12-14-9/h7-8,15H,2-6H2,1H3,(H,13,16)(H,11,12,14). The number of carbonyl (C=O) groups is 1. The molecule has 1 amide bonds. The van der Waals surface area contributed by atoms with E-state index in [0.717, 1.165) is 12.2 Å². The average Bonchev–Trinajstić information content (AvgIpc) is 2.76. The number of nitrogens with one attached hydrogen (secondary N) is 2. The van der Waals surface area contributed by atoms with Crippen LogP contribution in [-0.2, 0) is 11.2 Å². The average molecular weight is 226 g/mol. The number of amides is 1. The van der Waals surface area contributed by atoms with E-state index in [1.54, 1.807) is 0 Å². The van der Waals surface area contributed by atoms with Gasteiger partial charge in [-0.3, -0.25) is 9.89 Å². The van der Waals surface area contributed by atoms with Crippen LogP contribution in [0.1, 0.15) is 32.0 Å². The third-order valence-electron chi connectivity index (χ3n) is 2.26. The highest BCUT2D eigenvalue weighted by molar-refractivity contribution is 5.76. The van der Waals surface area contributed by atoms with Crippen LogP contribution in [-0.4, -0.2) is 38.8 Å². The van der Waals surface area contributed by atoms with Crippen molar-refractivity contribution >= 4 is 5.91 Å². The first kappa shape index (κ1) is 12.6. The molecule has 3 N–H and O–H groups in total. The molecule has 0 aliphatic carbocycles. The zero-order valence-electron chi connectivity index (χ0n) is 9.44. The van der Waals surface area contributed by atoms with E-state index in [1.807, 2.05) is 6.92 Å². The molecule has 0 spiro atoms. The summed E-state index contributed by atoms with van der Waals surface area (Å²) in [4.78, 5) is 15.4. The van der Waals surface area contributed by atoms with Crippen molar-refractivity contribution in [2.24, 2.45) is 0 Å². The molecule has 90 valence electrons. The Morgan fingerprint density at radius 3 is 3.12 bits per heavy atom. The summed E-state index contributed by atoms with van der Waals surface area (Å²) in [6.07, 6.45) is 3.91. The lowest BCUT2D eigenvalue weighted by Crippen LogP contribution is -2.32. The maximum absolute atomic E-state index is 11.5. The van der Waals surface area contributed by atoms with E-state index < -0.39 is 0 Å². The quantitative estimate of drug-likeness (QED) is 0.611.